The summed E-state index contributed by atoms with van der Waals surface area (Å²) in [6, 6.07) is 0.435. The first-order valence-corrected chi connectivity index (χ1v) is 12.9. The van der Waals surface area contributed by atoms with Crippen LogP contribution in [0.4, 0.5) is 0 Å². The van der Waals surface area contributed by atoms with Gasteiger partial charge < -0.3 is 25.0 Å². The maximum Gasteiger partial charge on any atom is 0.326 e. The minimum Gasteiger partial charge on any atom is -0.508 e. The largest absolute Gasteiger partial charge is 0.508 e. The van der Waals surface area contributed by atoms with Crippen molar-refractivity contribution in [1.82, 2.24) is 4.90 Å². The molecule has 7 heteroatoms. The molecule has 1 amide bonds. The molecular weight excluding hydrogens is 458 g/mol. The van der Waals surface area contributed by atoms with Crippen molar-refractivity contribution in [2.24, 2.45) is 5.92 Å². The number of rotatable bonds is 10. The molecule has 0 saturated heterocycles. The van der Waals surface area contributed by atoms with Gasteiger partial charge in [-0.15, -0.1) is 0 Å². The number of phenolic OH excluding ortho intramolecular Hbond substituents is 1. The summed E-state index contributed by atoms with van der Waals surface area (Å²) >= 11 is 0. The van der Waals surface area contributed by atoms with Crippen molar-refractivity contribution in [2.45, 2.75) is 104 Å². The minimum absolute atomic E-state index is 0.0955. The fourth-order valence-corrected chi connectivity index (χ4v) is 5.08. The van der Waals surface area contributed by atoms with E-state index in [2.05, 4.69) is 32.9 Å². The van der Waals surface area contributed by atoms with E-state index in [1.165, 1.54) is 22.1 Å². The number of nitrogens with zero attached hydrogens (tertiary/aromatic N) is 1. The van der Waals surface area contributed by atoms with E-state index in [-0.39, 0.29) is 30.2 Å². The first-order valence-electron chi connectivity index (χ1n) is 12.9. The van der Waals surface area contributed by atoms with Crippen LogP contribution in [0.2, 0.25) is 0 Å². The molecule has 0 aromatic heterocycles. The van der Waals surface area contributed by atoms with E-state index in [9.17, 15) is 24.9 Å². The Labute approximate surface area is 214 Å². The lowest BCUT2D eigenvalue weighted by Gasteiger charge is -2.41. The van der Waals surface area contributed by atoms with E-state index in [1.807, 2.05) is 20.8 Å². The summed E-state index contributed by atoms with van der Waals surface area (Å²) in [5, 5.41) is 31.4. The van der Waals surface area contributed by atoms with E-state index >= 15 is 0 Å². The number of amides is 1. The molecule has 1 aromatic rings. The van der Waals surface area contributed by atoms with Gasteiger partial charge >= 0.3 is 5.97 Å². The predicted molar refractivity (Wildman–Crippen MR) is 139 cm³/mol. The first kappa shape index (κ1) is 27.8. The highest BCUT2D eigenvalue weighted by molar-refractivity contribution is 6.02. The van der Waals surface area contributed by atoms with E-state index in [0.29, 0.717) is 29.7 Å². The third-order valence-electron chi connectivity index (χ3n) is 7.30. The van der Waals surface area contributed by atoms with Crippen molar-refractivity contribution < 1.29 is 29.6 Å². The van der Waals surface area contributed by atoms with Gasteiger partial charge in [0, 0.05) is 17.5 Å². The molecule has 0 aliphatic carbocycles. The van der Waals surface area contributed by atoms with Crippen molar-refractivity contribution >= 4 is 11.9 Å². The number of phenols is 1. The molecule has 2 aliphatic heterocycles. The Morgan fingerprint density at radius 3 is 2.53 bits per heavy atom. The first-order chi connectivity index (χ1) is 16.8. The van der Waals surface area contributed by atoms with Crippen LogP contribution in [0.3, 0.4) is 0 Å². The van der Waals surface area contributed by atoms with E-state index in [1.54, 1.807) is 0 Å². The highest BCUT2D eigenvalue weighted by Gasteiger charge is 2.45. The van der Waals surface area contributed by atoms with Crippen LogP contribution in [0.1, 0.15) is 95.1 Å². The van der Waals surface area contributed by atoms with Gasteiger partial charge in [0.05, 0.1) is 18.2 Å². The van der Waals surface area contributed by atoms with Crippen LogP contribution in [0.25, 0.3) is 0 Å². The lowest BCUT2D eigenvalue weighted by Crippen LogP contribution is -2.49. The number of aromatic hydroxyl groups is 1. The number of hydrogen-bond acceptors (Lipinski definition) is 5. The Bertz CT molecular complexity index is 1070. The molecule has 36 heavy (non-hydrogen) atoms. The number of carboxylic acids is 1. The van der Waals surface area contributed by atoms with Crippen molar-refractivity contribution in [3.05, 3.63) is 46.1 Å². The van der Waals surface area contributed by atoms with E-state index < -0.39 is 29.6 Å². The molecule has 2 heterocycles. The van der Waals surface area contributed by atoms with Gasteiger partial charge in [-0.25, -0.2) is 4.79 Å². The lowest BCUT2D eigenvalue weighted by atomic mass is 9.84. The molecule has 2 aliphatic rings. The van der Waals surface area contributed by atoms with Crippen molar-refractivity contribution in [1.29, 1.82) is 0 Å². The summed E-state index contributed by atoms with van der Waals surface area (Å²) in [6.45, 7) is 12.1. The van der Waals surface area contributed by atoms with Crippen LogP contribution in [0.5, 0.6) is 11.5 Å². The molecule has 0 fully saturated rings. The molecule has 198 valence electrons. The Hall–Kier alpha value is -2.80. The zero-order chi connectivity index (χ0) is 26.8. The number of carboxylic acid groups (broad SMARTS) is 1. The van der Waals surface area contributed by atoms with E-state index in [0.717, 1.165) is 19.3 Å². The summed E-state index contributed by atoms with van der Waals surface area (Å²) in [7, 11) is 0. The number of benzene rings is 1. The quantitative estimate of drug-likeness (QED) is 0.373. The zero-order valence-corrected chi connectivity index (χ0v) is 22.4. The number of carbonyl (C=O) groups is 2. The Balaban J connectivity index is 1.83. The SMILES string of the molecule is CC(C)=CCC/C(C)=C/CC[C@]1(C)Oc2c(c(O)cc3c2CN([C@H](CC(C)C)C(=O)O)C3=O)C[C@@H]1O. The van der Waals surface area contributed by atoms with Crippen LogP contribution < -0.4 is 4.74 Å². The predicted octanol–water partition coefficient (Wildman–Crippen LogP) is 5.37. The van der Waals surface area contributed by atoms with Gasteiger partial charge in [0.15, 0.2) is 0 Å². The van der Waals surface area contributed by atoms with Gasteiger partial charge in [-0.05, 0) is 71.8 Å². The molecule has 0 radical (unpaired) electrons. The van der Waals surface area contributed by atoms with Gasteiger partial charge in [-0.1, -0.05) is 37.1 Å². The van der Waals surface area contributed by atoms with Crippen LogP contribution in [0, 0.1) is 5.92 Å². The molecule has 3 rings (SSSR count). The molecular formula is C29H41NO6. The average molecular weight is 500 g/mol. The van der Waals surface area contributed by atoms with Gasteiger partial charge in [-0.3, -0.25) is 4.79 Å². The number of aliphatic hydroxyl groups excluding tert-OH is 1. The van der Waals surface area contributed by atoms with Crippen LogP contribution in [-0.2, 0) is 17.8 Å². The molecule has 7 nitrogen and oxygen atoms in total. The Morgan fingerprint density at radius 1 is 1.22 bits per heavy atom. The maximum absolute atomic E-state index is 13.2. The second-order valence-corrected chi connectivity index (χ2v) is 11.2. The minimum atomic E-state index is -1.05. The molecule has 3 atom stereocenters. The number of aliphatic carboxylic acids is 1. The number of aliphatic hydroxyl groups is 1. The van der Waals surface area contributed by atoms with Gasteiger partial charge in [0.2, 0.25) is 0 Å². The lowest BCUT2D eigenvalue weighted by molar-refractivity contribution is -0.143. The average Bonchev–Trinajstić information content (AvgIpc) is 3.09. The highest BCUT2D eigenvalue weighted by Crippen LogP contribution is 2.46. The van der Waals surface area contributed by atoms with E-state index in [4.69, 9.17) is 4.74 Å². The standard InChI is InChI=1S/C29H41NO6/c1-17(2)9-7-10-19(5)11-8-12-29(6)25(32)15-21-24(31)14-20-22(26(21)36-29)16-30(27(20)33)23(28(34)35)13-18(3)4/h9,11,14,18,23,25,31-32H,7-8,10,12-13,15-16H2,1-6H3,(H,34,35)/b19-11+/t23-,25+,29+/m1/s1. The molecule has 0 bridgehead atoms. The van der Waals surface area contributed by atoms with Crippen molar-refractivity contribution in [3.63, 3.8) is 0 Å². The normalized spacial score (nSPS) is 22.2. The number of carbonyl (C=O) groups excluding carboxylic acids is 1. The summed E-state index contributed by atoms with van der Waals surface area (Å²) in [6.07, 6.45) is 7.39. The fourth-order valence-electron chi connectivity index (χ4n) is 5.08. The number of fused-ring (bicyclic) bond motifs is 3. The summed E-state index contributed by atoms with van der Waals surface area (Å²) in [5.41, 5.74) is 3.03. The van der Waals surface area contributed by atoms with Crippen LogP contribution in [0.15, 0.2) is 29.4 Å². The molecule has 1 aromatic carbocycles. The van der Waals surface area contributed by atoms with Crippen LogP contribution >= 0.6 is 0 Å². The summed E-state index contributed by atoms with van der Waals surface area (Å²) in [5.74, 6) is -1.06. The third-order valence-corrected chi connectivity index (χ3v) is 7.30. The zero-order valence-electron chi connectivity index (χ0n) is 22.4. The highest BCUT2D eigenvalue weighted by atomic mass is 16.5. The number of ether oxygens (including phenoxy) is 1. The monoisotopic (exact) mass is 499 g/mol. The molecule has 0 spiro atoms. The molecule has 0 saturated carbocycles. The fraction of sp³-hybridized carbons (Fsp3) is 0.586. The van der Waals surface area contributed by atoms with Gasteiger partial charge in [-0.2, -0.15) is 0 Å². The Morgan fingerprint density at radius 2 is 1.92 bits per heavy atom. The molecule has 3 N–H and O–H groups in total. The van der Waals surface area contributed by atoms with Crippen molar-refractivity contribution in [3.8, 4) is 11.5 Å². The smallest absolute Gasteiger partial charge is 0.326 e. The molecule has 0 unspecified atom stereocenters. The topological polar surface area (TPSA) is 107 Å². The Kier molecular flexibility index (Phi) is 8.55. The second kappa shape index (κ2) is 11.1. The van der Waals surface area contributed by atoms with Gasteiger partial charge in [0.25, 0.3) is 5.91 Å². The number of allylic oxidation sites excluding steroid dienone is 4. The second-order valence-electron chi connectivity index (χ2n) is 11.2. The third kappa shape index (κ3) is 5.94. The number of hydrogen-bond donors (Lipinski definition) is 3. The summed E-state index contributed by atoms with van der Waals surface area (Å²) in [4.78, 5) is 26.5. The van der Waals surface area contributed by atoms with Crippen LogP contribution in [-0.4, -0.2) is 49.8 Å². The summed E-state index contributed by atoms with van der Waals surface area (Å²) < 4.78 is 6.39. The van der Waals surface area contributed by atoms with Crippen molar-refractivity contribution in [2.75, 3.05) is 0 Å². The van der Waals surface area contributed by atoms with Gasteiger partial charge in [0.1, 0.15) is 23.1 Å². The maximum atomic E-state index is 13.2.